The van der Waals surface area contributed by atoms with Gasteiger partial charge in [0.05, 0.1) is 11.3 Å². The smallest absolute Gasteiger partial charge is 0.306 e. The summed E-state index contributed by atoms with van der Waals surface area (Å²) in [7, 11) is 0. The first-order chi connectivity index (χ1) is 9.74. The Bertz CT molecular complexity index is 740. The highest BCUT2D eigenvalue weighted by molar-refractivity contribution is 9.10. The molecule has 0 spiro atoms. The van der Waals surface area contributed by atoms with Crippen LogP contribution >= 0.6 is 15.9 Å². The van der Waals surface area contributed by atoms with E-state index >= 15 is 0 Å². The van der Waals surface area contributed by atoms with E-state index in [1.54, 1.807) is 6.92 Å². The van der Waals surface area contributed by atoms with Gasteiger partial charge >= 0.3 is 6.18 Å². The van der Waals surface area contributed by atoms with E-state index in [0.29, 0.717) is 18.2 Å². The Morgan fingerprint density at radius 1 is 1.33 bits per heavy atom. The highest BCUT2D eigenvalue weighted by Gasteiger charge is 2.35. The minimum absolute atomic E-state index is 0.171. The van der Waals surface area contributed by atoms with Crippen molar-refractivity contribution in [2.75, 3.05) is 0 Å². The van der Waals surface area contributed by atoms with Crippen molar-refractivity contribution in [3.8, 4) is 11.4 Å². The van der Waals surface area contributed by atoms with Gasteiger partial charge in [-0.3, -0.25) is 4.79 Å². The summed E-state index contributed by atoms with van der Waals surface area (Å²) in [6.07, 6.45) is -4.39. The Morgan fingerprint density at radius 2 is 2.00 bits per heavy atom. The van der Waals surface area contributed by atoms with Gasteiger partial charge in [0.15, 0.2) is 0 Å². The number of hydrogen-bond acceptors (Lipinski definition) is 2. The number of rotatable bonds is 2. The molecule has 21 heavy (non-hydrogen) atoms. The van der Waals surface area contributed by atoms with Gasteiger partial charge in [-0.05, 0) is 40.5 Å². The Morgan fingerprint density at radius 3 is 2.57 bits per heavy atom. The summed E-state index contributed by atoms with van der Waals surface area (Å²) in [4.78, 5) is 18.0. The summed E-state index contributed by atoms with van der Waals surface area (Å²) in [5.74, 6) is -1.26. The predicted molar refractivity (Wildman–Crippen MR) is 72.3 cm³/mol. The van der Waals surface area contributed by atoms with Gasteiger partial charge in [0.2, 0.25) is 0 Å². The lowest BCUT2D eigenvalue weighted by atomic mass is 10.1. The minimum atomic E-state index is -4.75. The molecule has 1 heterocycles. The average molecular weight is 365 g/mol. The third-order valence-corrected chi connectivity index (χ3v) is 3.63. The van der Waals surface area contributed by atoms with Crippen molar-refractivity contribution < 1.29 is 17.6 Å². The summed E-state index contributed by atoms with van der Waals surface area (Å²) in [6, 6.07) is 2.21. The van der Waals surface area contributed by atoms with Crippen LogP contribution in [-0.4, -0.2) is 9.97 Å². The quantitative estimate of drug-likeness (QED) is 0.821. The topological polar surface area (TPSA) is 45.8 Å². The summed E-state index contributed by atoms with van der Waals surface area (Å²) in [6.45, 7) is 1.71. The fraction of sp³-hybridized carbons (Fsp3) is 0.231. The van der Waals surface area contributed by atoms with Gasteiger partial charge in [-0.15, -0.1) is 0 Å². The number of alkyl halides is 3. The highest BCUT2D eigenvalue weighted by Crippen LogP contribution is 2.36. The lowest BCUT2D eigenvalue weighted by Crippen LogP contribution is -2.15. The van der Waals surface area contributed by atoms with Crippen molar-refractivity contribution in [2.24, 2.45) is 0 Å². The number of aromatic amines is 1. The molecule has 1 N–H and O–H groups in total. The Balaban J connectivity index is 2.73. The second-order valence-corrected chi connectivity index (χ2v) is 5.01. The van der Waals surface area contributed by atoms with Gasteiger partial charge in [0.25, 0.3) is 5.56 Å². The number of H-pyrrole nitrogens is 1. The SMILES string of the molecule is CCc1nc(-c2ccc(F)cc2C(F)(F)F)[nH]c(=O)c1Br. The monoisotopic (exact) mass is 364 g/mol. The van der Waals surface area contributed by atoms with Crippen molar-refractivity contribution in [2.45, 2.75) is 19.5 Å². The van der Waals surface area contributed by atoms with Crippen molar-refractivity contribution in [3.05, 3.63) is 50.1 Å². The molecule has 0 saturated carbocycles. The molecule has 112 valence electrons. The van der Waals surface area contributed by atoms with Gasteiger partial charge in [-0.25, -0.2) is 9.37 Å². The first kappa shape index (κ1) is 15.7. The molecule has 0 aliphatic rings. The van der Waals surface area contributed by atoms with Crippen LogP contribution in [-0.2, 0) is 12.6 Å². The zero-order chi connectivity index (χ0) is 15.8. The molecule has 0 unspecified atom stereocenters. The van der Waals surface area contributed by atoms with Crippen LogP contribution in [0.1, 0.15) is 18.2 Å². The first-order valence-electron chi connectivity index (χ1n) is 5.89. The third kappa shape index (κ3) is 3.15. The molecule has 0 aliphatic carbocycles. The van der Waals surface area contributed by atoms with Crippen molar-refractivity contribution >= 4 is 15.9 Å². The number of aryl methyl sites for hydroxylation is 1. The second-order valence-electron chi connectivity index (χ2n) is 4.22. The molecule has 0 aliphatic heterocycles. The van der Waals surface area contributed by atoms with E-state index in [-0.39, 0.29) is 15.9 Å². The van der Waals surface area contributed by atoms with E-state index < -0.39 is 23.1 Å². The number of hydrogen-bond donors (Lipinski definition) is 1. The van der Waals surface area contributed by atoms with E-state index in [0.717, 1.165) is 12.1 Å². The third-order valence-electron chi connectivity index (χ3n) is 2.81. The van der Waals surface area contributed by atoms with E-state index in [1.165, 1.54) is 0 Å². The summed E-state index contributed by atoms with van der Waals surface area (Å²) >= 11 is 3.03. The maximum Gasteiger partial charge on any atom is 0.417 e. The van der Waals surface area contributed by atoms with E-state index in [2.05, 4.69) is 25.9 Å². The molecular formula is C13H9BrF4N2O. The fourth-order valence-electron chi connectivity index (χ4n) is 1.82. The molecule has 2 rings (SSSR count). The van der Waals surface area contributed by atoms with Gasteiger partial charge < -0.3 is 4.98 Å². The maximum absolute atomic E-state index is 13.1. The van der Waals surface area contributed by atoms with E-state index in [1.807, 2.05) is 0 Å². The Labute approximate surface area is 125 Å². The van der Waals surface area contributed by atoms with Crippen LogP contribution in [0.25, 0.3) is 11.4 Å². The van der Waals surface area contributed by atoms with Gasteiger partial charge in [0.1, 0.15) is 16.1 Å². The van der Waals surface area contributed by atoms with E-state index in [9.17, 15) is 22.4 Å². The van der Waals surface area contributed by atoms with Crippen LogP contribution in [0.2, 0.25) is 0 Å². The molecule has 1 aromatic carbocycles. The number of nitrogens with one attached hydrogen (secondary N) is 1. The number of benzene rings is 1. The molecule has 1 aromatic heterocycles. The maximum atomic E-state index is 13.1. The van der Waals surface area contributed by atoms with Crippen molar-refractivity contribution in [3.63, 3.8) is 0 Å². The van der Waals surface area contributed by atoms with Crippen LogP contribution in [0.3, 0.4) is 0 Å². The van der Waals surface area contributed by atoms with Gasteiger partial charge in [0, 0.05) is 5.56 Å². The molecule has 2 aromatic rings. The van der Waals surface area contributed by atoms with Crippen molar-refractivity contribution in [1.29, 1.82) is 0 Å². The second kappa shape index (κ2) is 5.59. The predicted octanol–water partition coefficient (Wildman–Crippen LogP) is 3.92. The van der Waals surface area contributed by atoms with Crippen LogP contribution < -0.4 is 5.56 Å². The lowest BCUT2D eigenvalue weighted by Gasteiger charge is -2.13. The number of halogens is 5. The molecule has 0 saturated heterocycles. The number of aromatic nitrogens is 2. The summed E-state index contributed by atoms with van der Waals surface area (Å²) in [5, 5.41) is 0. The van der Waals surface area contributed by atoms with E-state index in [4.69, 9.17) is 0 Å². The largest absolute Gasteiger partial charge is 0.417 e. The molecule has 0 atom stereocenters. The minimum Gasteiger partial charge on any atom is -0.306 e. The standard InChI is InChI=1S/C13H9BrF4N2O/c1-2-9-10(14)12(21)20-11(19-9)7-4-3-6(15)5-8(7)13(16,17)18/h3-5H,2H2,1H3,(H,19,20,21). The van der Waals surface area contributed by atoms with Crippen molar-refractivity contribution in [1.82, 2.24) is 9.97 Å². The number of nitrogens with zero attached hydrogens (tertiary/aromatic N) is 1. The molecule has 0 bridgehead atoms. The van der Waals surface area contributed by atoms with Gasteiger partial charge in [-0.1, -0.05) is 6.92 Å². The molecule has 0 radical (unpaired) electrons. The molecule has 0 amide bonds. The lowest BCUT2D eigenvalue weighted by molar-refractivity contribution is -0.137. The Hall–Kier alpha value is -1.70. The highest BCUT2D eigenvalue weighted by atomic mass is 79.9. The molecule has 8 heteroatoms. The molecule has 0 fully saturated rings. The fourth-order valence-corrected chi connectivity index (χ4v) is 2.29. The average Bonchev–Trinajstić information content (AvgIpc) is 2.40. The zero-order valence-corrected chi connectivity index (χ0v) is 12.3. The first-order valence-corrected chi connectivity index (χ1v) is 6.69. The summed E-state index contributed by atoms with van der Waals surface area (Å²) < 4.78 is 52.2. The van der Waals surface area contributed by atoms with Gasteiger partial charge in [-0.2, -0.15) is 13.2 Å². The van der Waals surface area contributed by atoms with Crippen LogP contribution in [0.15, 0.2) is 27.5 Å². The Kier molecular flexibility index (Phi) is 4.18. The molecular weight excluding hydrogens is 356 g/mol. The zero-order valence-electron chi connectivity index (χ0n) is 10.7. The molecule has 3 nitrogen and oxygen atoms in total. The summed E-state index contributed by atoms with van der Waals surface area (Å²) in [5.41, 5.74) is -1.82. The normalized spacial score (nSPS) is 11.7. The van der Waals surface area contributed by atoms with Crippen LogP contribution in [0.4, 0.5) is 17.6 Å². The van der Waals surface area contributed by atoms with Crippen LogP contribution in [0, 0.1) is 5.82 Å². The van der Waals surface area contributed by atoms with Crippen LogP contribution in [0.5, 0.6) is 0 Å².